The molecule has 1 aromatic rings. The number of thiol groups is 1. The third kappa shape index (κ3) is 1.13. The number of hydrogen-bond acceptors (Lipinski definition) is 3. The molecule has 8 heavy (non-hydrogen) atoms. The number of rotatable bonds is 0. The fourth-order valence-electron chi connectivity index (χ4n) is 0.434. The van der Waals surface area contributed by atoms with Gasteiger partial charge >= 0.3 is 0 Å². The lowest BCUT2D eigenvalue weighted by Gasteiger charge is -1.89. The zero-order chi connectivity index (χ0) is 5.98. The van der Waals surface area contributed by atoms with Crippen LogP contribution in [0.2, 0.25) is 0 Å². The Hall–Kier alpha value is -0.700. The molecule has 1 heterocycles. The number of aromatic nitrogens is 1. The highest BCUT2D eigenvalue weighted by Crippen LogP contribution is 2.04. The van der Waals surface area contributed by atoms with E-state index < -0.39 is 0 Å². The highest BCUT2D eigenvalue weighted by molar-refractivity contribution is 7.80. The van der Waals surface area contributed by atoms with Crippen LogP contribution in [0, 0.1) is 0 Å². The molecule has 0 aliphatic rings. The van der Waals surface area contributed by atoms with Gasteiger partial charge in [-0.3, -0.25) is 4.98 Å². The Morgan fingerprint density at radius 2 is 2.38 bits per heavy atom. The Balaban J connectivity index is 3.08. The summed E-state index contributed by atoms with van der Waals surface area (Å²) in [6.07, 6.45) is 1.62. The molecule has 0 aromatic carbocycles. The van der Waals surface area contributed by atoms with Crippen molar-refractivity contribution in [2.75, 3.05) is 5.73 Å². The predicted octanol–water partition coefficient (Wildman–Crippen LogP) is 0.952. The molecule has 0 atom stereocenters. The van der Waals surface area contributed by atoms with Crippen molar-refractivity contribution >= 4 is 18.3 Å². The van der Waals surface area contributed by atoms with Gasteiger partial charge in [-0.05, 0) is 12.1 Å². The SMILES string of the molecule is Nc1ccnc(S)c1. The molecule has 1 rings (SSSR count). The van der Waals surface area contributed by atoms with Gasteiger partial charge in [0.2, 0.25) is 0 Å². The molecule has 42 valence electrons. The first kappa shape index (κ1) is 5.44. The number of nitrogens with zero attached hydrogens (tertiary/aromatic N) is 1. The van der Waals surface area contributed by atoms with E-state index in [4.69, 9.17) is 5.73 Å². The Morgan fingerprint density at radius 1 is 1.62 bits per heavy atom. The van der Waals surface area contributed by atoms with E-state index in [1.54, 1.807) is 18.3 Å². The predicted molar refractivity (Wildman–Crippen MR) is 35.9 cm³/mol. The Bertz CT molecular complexity index is 170. The van der Waals surface area contributed by atoms with Crippen LogP contribution >= 0.6 is 12.6 Å². The number of pyridine rings is 1. The van der Waals surface area contributed by atoms with Crippen LogP contribution in [0.3, 0.4) is 0 Å². The lowest BCUT2D eigenvalue weighted by atomic mass is 10.4. The molecule has 0 saturated heterocycles. The summed E-state index contributed by atoms with van der Waals surface area (Å²) in [5, 5.41) is 0.657. The summed E-state index contributed by atoms with van der Waals surface area (Å²) in [7, 11) is 0. The van der Waals surface area contributed by atoms with Crippen molar-refractivity contribution in [3.05, 3.63) is 18.3 Å². The Morgan fingerprint density at radius 3 is 2.75 bits per heavy atom. The smallest absolute Gasteiger partial charge is 0.0949 e. The monoisotopic (exact) mass is 126 g/mol. The van der Waals surface area contributed by atoms with Crippen molar-refractivity contribution in [2.45, 2.75) is 5.03 Å². The van der Waals surface area contributed by atoms with E-state index in [1.165, 1.54) is 0 Å². The van der Waals surface area contributed by atoms with E-state index in [2.05, 4.69) is 17.6 Å². The Labute approximate surface area is 53.1 Å². The fraction of sp³-hybridized carbons (Fsp3) is 0. The summed E-state index contributed by atoms with van der Waals surface area (Å²) < 4.78 is 0. The molecule has 0 radical (unpaired) electrons. The van der Waals surface area contributed by atoms with Gasteiger partial charge in [0.15, 0.2) is 0 Å². The first-order valence-electron chi connectivity index (χ1n) is 2.19. The van der Waals surface area contributed by atoms with Gasteiger partial charge in [-0.2, -0.15) is 0 Å². The van der Waals surface area contributed by atoms with Gasteiger partial charge in [0.05, 0.1) is 5.03 Å². The van der Waals surface area contributed by atoms with E-state index in [-0.39, 0.29) is 0 Å². The third-order valence-electron chi connectivity index (χ3n) is 0.770. The zero-order valence-corrected chi connectivity index (χ0v) is 5.10. The lowest BCUT2D eigenvalue weighted by molar-refractivity contribution is 1.15. The first-order valence-corrected chi connectivity index (χ1v) is 2.64. The Kier molecular flexibility index (Phi) is 1.39. The van der Waals surface area contributed by atoms with Gasteiger partial charge < -0.3 is 5.73 Å². The maximum Gasteiger partial charge on any atom is 0.0949 e. The highest BCUT2D eigenvalue weighted by atomic mass is 32.1. The average molecular weight is 126 g/mol. The minimum atomic E-state index is 0.657. The number of nitrogen functional groups attached to an aromatic ring is 1. The van der Waals surface area contributed by atoms with E-state index in [0.29, 0.717) is 10.7 Å². The second kappa shape index (κ2) is 2.05. The molecule has 0 amide bonds. The summed E-state index contributed by atoms with van der Waals surface area (Å²) in [4.78, 5) is 3.82. The summed E-state index contributed by atoms with van der Waals surface area (Å²) in [5.41, 5.74) is 6.07. The van der Waals surface area contributed by atoms with Crippen LogP contribution in [0.4, 0.5) is 5.69 Å². The van der Waals surface area contributed by atoms with Gasteiger partial charge in [-0.15, -0.1) is 12.6 Å². The third-order valence-corrected chi connectivity index (χ3v) is 1.01. The fourth-order valence-corrected chi connectivity index (χ4v) is 0.650. The van der Waals surface area contributed by atoms with Gasteiger partial charge in [0, 0.05) is 11.9 Å². The second-order valence-corrected chi connectivity index (χ2v) is 1.91. The molecule has 2 nitrogen and oxygen atoms in total. The van der Waals surface area contributed by atoms with Gasteiger partial charge in [0.25, 0.3) is 0 Å². The maximum atomic E-state index is 5.37. The molecule has 0 spiro atoms. The molecule has 0 aliphatic heterocycles. The molecule has 1 aromatic heterocycles. The van der Waals surface area contributed by atoms with Crippen LogP contribution in [0.15, 0.2) is 23.4 Å². The maximum absolute atomic E-state index is 5.37. The van der Waals surface area contributed by atoms with E-state index in [9.17, 15) is 0 Å². The van der Waals surface area contributed by atoms with Crippen molar-refractivity contribution in [1.29, 1.82) is 0 Å². The number of anilines is 1. The number of hydrogen-bond donors (Lipinski definition) is 2. The first-order chi connectivity index (χ1) is 3.79. The molecular weight excluding hydrogens is 120 g/mol. The largest absolute Gasteiger partial charge is 0.399 e. The summed E-state index contributed by atoms with van der Waals surface area (Å²) in [5.74, 6) is 0. The quantitative estimate of drug-likeness (QED) is 0.508. The van der Waals surface area contributed by atoms with E-state index in [1.807, 2.05) is 0 Å². The molecule has 2 N–H and O–H groups in total. The van der Waals surface area contributed by atoms with E-state index >= 15 is 0 Å². The van der Waals surface area contributed by atoms with Crippen molar-refractivity contribution in [3.8, 4) is 0 Å². The normalized spacial score (nSPS) is 9.12. The average Bonchev–Trinajstić information content (AvgIpc) is 1.64. The molecule has 0 aliphatic carbocycles. The zero-order valence-electron chi connectivity index (χ0n) is 4.20. The van der Waals surface area contributed by atoms with Gasteiger partial charge in [-0.25, -0.2) is 0 Å². The molecular formula is C5H6N2S. The van der Waals surface area contributed by atoms with Crippen LogP contribution in [0.5, 0.6) is 0 Å². The van der Waals surface area contributed by atoms with Crippen molar-refractivity contribution < 1.29 is 0 Å². The molecule has 3 heteroatoms. The lowest BCUT2D eigenvalue weighted by Crippen LogP contribution is -1.83. The second-order valence-electron chi connectivity index (χ2n) is 1.45. The molecule has 0 fully saturated rings. The molecule has 0 bridgehead atoms. The van der Waals surface area contributed by atoms with Crippen molar-refractivity contribution in [1.82, 2.24) is 4.98 Å². The van der Waals surface area contributed by atoms with Crippen molar-refractivity contribution in [3.63, 3.8) is 0 Å². The van der Waals surface area contributed by atoms with Crippen LogP contribution in [-0.4, -0.2) is 4.98 Å². The summed E-state index contributed by atoms with van der Waals surface area (Å²) >= 11 is 3.96. The highest BCUT2D eigenvalue weighted by Gasteiger charge is 1.83. The topological polar surface area (TPSA) is 38.9 Å². The standard InChI is InChI=1S/C5H6N2S/c6-4-1-2-7-5(8)3-4/h1-3H,(H3,6,7,8). The molecule has 0 unspecified atom stereocenters. The van der Waals surface area contributed by atoms with E-state index in [0.717, 1.165) is 0 Å². The summed E-state index contributed by atoms with van der Waals surface area (Å²) in [6.45, 7) is 0. The van der Waals surface area contributed by atoms with Crippen LogP contribution in [0.25, 0.3) is 0 Å². The van der Waals surface area contributed by atoms with Gasteiger partial charge in [-0.1, -0.05) is 0 Å². The minimum Gasteiger partial charge on any atom is -0.399 e. The van der Waals surface area contributed by atoms with Crippen LogP contribution in [0.1, 0.15) is 0 Å². The van der Waals surface area contributed by atoms with Crippen molar-refractivity contribution in [2.24, 2.45) is 0 Å². The molecule has 0 saturated carbocycles. The van der Waals surface area contributed by atoms with Crippen LogP contribution in [-0.2, 0) is 0 Å². The minimum absolute atomic E-state index is 0.657. The van der Waals surface area contributed by atoms with Crippen LogP contribution < -0.4 is 5.73 Å². The number of nitrogens with two attached hydrogens (primary N) is 1. The van der Waals surface area contributed by atoms with Gasteiger partial charge in [0.1, 0.15) is 0 Å². The summed E-state index contributed by atoms with van der Waals surface area (Å²) in [6, 6.07) is 3.42.